The summed E-state index contributed by atoms with van der Waals surface area (Å²) in [5.74, 6) is 1.95. The molecule has 3 N–H and O–H groups in total. The lowest BCUT2D eigenvalue weighted by Crippen LogP contribution is -2.44. The molecular formula is C12H22N4O2. The average molecular weight is 254 g/mol. The first-order valence-corrected chi connectivity index (χ1v) is 6.63. The SMILES string of the molecule is CC1[C@@H](OC(=O)NCCNC2=NCCN2)C[C@@H]1C. The minimum Gasteiger partial charge on any atom is -0.446 e. The van der Waals surface area contributed by atoms with Gasteiger partial charge in [-0.25, -0.2) is 4.79 Å². The molecule has 1 unspecified atom stereocenters. The smallest absolute Gasteiger partial charge is 0.407 e. The molecule has 3 atom stereocenters. The Labute approximate surface area is 108 Å². The van der Waals surface area contributed by atoms with E-state index in [1.165, 1.54) is 0 Å². The quantitative estimate of drug-likeness (QED) is 0.631. The molecule has 0 bridgehead atoms. The minimum atomic E-state index is -0.318. The summed E-state index contributed by atoms with van der Waals surface area (Å²) in [6, 6.07) is 0. The molecule has 1 heterocycles. The minimum absolute atomic E-state index is 0.0915. The van der Waals surface area contributed by atoms with Gasteiger partial charge in [0.25, 0.3) is 0 Å². The number of amides is 1. The van der Waals surface area contributed by atoms with Crippen LogP contribution in [0.5, 0.6) is 0 Å². The zero-order chi connectivity index (χ0) is 13.0. The van der Waals surface area contributed by atoms with Gasteiger partial charge < -0.3 is 20.7 Å². The molecule has 1 saturated carbocycles. The maximum absolute atomic E-state index is 11.5. The highest BCUT2D eigenvalue weighted by molar-refractivity contribution is 5.81. The van der Waals surface area contributed by atoms with E-state index in [0.29, 0.717) is 24.9 Å². The third kappa shape index (κ3) is 3.27. The zero-order valence-electron chi connectivity index (χ0n) is 11.0. The number of hydrogen-bond acceptors (Lipinski definition) is 5. The van der Waals surface area contributed by atoms with E-state index in [2.05, 4.69) is 34.8 Å². The summed E-state index contributed by atoms with van der Waals surface area (Å²) in [6.45, 7) is 7.19. The fourth-order valence-corrected chi connectivity index (χ4v) is 2.16. The van der Waals surface area contributed by atoms with Crippen molar-refractivity contribution in [2.75, 3.05) is 26.2 Å². The molecule has 1 fully saturated rings. The first-order chi connectivity index (χ1) is 8.66. The number of aliphatic imine (C=N–C) groups is 1. The number of carbonyl (C=O) groups excluding carboxylic acids is 1. The van der Waals surface area contributed by atoms with Gasteiger partial charge >= 0.3 is 6.09 Å². The third-order valence-electron chi connectivity index (χ3n) is 3.71. The van der Waals surface area contributed by atoms with E-state index in [9.17, 15) is 4.79 Å². The van der Waals surface area contributed by atoms with Gasteiger partial charge in [0.15, 0.2) is 5.96 Å². The maximum atomic E-state index is 11.5. The molecule has 0 aromatic carbocycles. The van der Waals surface area contributed by atoms with Crippen LogP contribution in [0.2, 0.25) is 0 Å². The van der Waals surface area contributed by atoms with E-state index in [0.717, 1.165) is 25.5 Å². The van der Waals surface area contributed by atoms with Crippen LogP contribution >= 0.6 is 0 Å². The van der Waals surface area contributed by atoms with Gasteiger partial charge in [0.1, 0.15) is 6.10 Å². The summed E-state index contributed by atoms with van der Waals surface area (Å²) in [5, 5.41) is 8.94. The lowest BCUT2D eigenvalue weighted by Gasteiger charge is -2.39. The van der Waals surface area contributed by atoms with E-state index < -0.39 is 0 Å². The Kier molecular flexibility index (Phi) is 4.28. The van der Waals surface area contributed by atoms with Crippen LogP contribution in [0.15, 0.2) is 4.99 Å². The van der Waals surface area contributed by atoms with E-state index in [-0.39, 0.29) is 12.2 Å². The average Bonchev–Trinajstić information content (AvgIpc) is 2.87. The van der Waals surface area contributed by atoms with E-state index in [1.807, 2.05) is 0 Å². The molecule has 6 nitrogen and oxygen atoms in total. The number of ether oxygens (including phenoxy) is 1. The fraction of sp³-hybridized carbons (Fsp3) is 0.833. The topological polar surface area (TPSA) is 74.8 Å². The van der Waals surface area contributed by atoms with E-state index >= 15 is 0 Å². The predicted molar refractivity (Wildman–Crippen MR) is 69.5 cm³/mol. The number of guanidine groups is 1. The number of rotatable bonds is 4. The number of alkyl carbamates (subject to hydrolysis) is 1. The van der Waals surface area contributed by atoms with Crippen molar-refractivity contribution in [1.82, 2.24) is 16.0 Å². The van der Waals surface area contributed by atoms with Gasteiger partial charge in [0.05, 0.1) is 6.54 Å². The first-order valence-electron chi connectivity index (χ1n) is 6.63. The summed E-state index contributed by atoms with van der Waals surface area (Å²) in [4.78, 5) is 15.7. The second kappa shape index (κ2) is 5.93. The standard InChI is InChI=1S/C12H22N4O2/c1-8-7-10(9(8)2)18-12(17)16-6-5-15-11-13-3-4-14-11/h8-10H,3-7H2,1-2H3,(H,16,17)(H2,13,14,15)/t8-,9?,10-/m0/s1. The lowest BCUT2D eigenvalue weighted by atomic mass is 9.73. The van der Waals surface area contributed by atoms with Crippen LogP contribution in [-0.4, -0.2) is 44.3 Å². The van der Waals surface area contributed by atoms with E-state index in [4.69, 9.17) is 4.74 Å². The highest BCUT2D eigenvalue weighted by atomic mass is 16.6. The molecule has 0 aromatic rings. The van der Waals surface area contributed by atoms with Crippen LogP contribution in [0.3, 0.4) is 0 Å². The summed E-state index contributed by atoms with van der Waals surface area (Å²) in [6.07, 6.45) is 0.754. The van der Waals surface area contributed by atoms with Crippen LogP contribution in [0.25, 0.3) is 0 Å². The Balaban J connectivity index is 1.52. The molecular weight excluding hydrogens is 232 g/mol. The van der Waals surface area contributed by atoms with Crippen LogP contribution in [0.1, 0.15) is 20.3 Å². The predicted octanol–water partition coefficient (Wildman–Crippen LogP) is 0.306. The van der Waals surface area contributed by atoms with Crippen molar-refractivity contribution in [2.45, 2.75) is 26.4 Å². The Morgan fingerprint density at radius 2 is 2.33 bits per heavy atom. The number of nitrogens with zero attached hydrogens (tertiary/aromatic N) is 1. The summed E-state index contributed by atoms with van der Waals surface area (Å²) < 4.78 is 5.32. The summed E-state index contributed by atoms with van der Waals surface area (Å²) in [7, 11) is 0. The van der Waals surface area contributed by atoms with Gasteiger partial charge in [-0.1, -0.05) is 13.8 Å². The lowest BCUT2D eigenvalue weighted by molar-refractivity contribution is -0.0285. The largest absolute Gasteiger partial charge is 0.446 e. The Morgan fingerprint density at radius 3 is 2.94 bits per heavy atom. The van der Waals surface area contributed by atoms with Crippen molar-refractivity contribution < 1.29 is 9.53 Å². The van der Waals surface area contributed by atoms with Gasteiger partial charge in [-0.3, -0.25) is 4.99 Å². The highest BCUT2D eigenvalue weighted by Crippen LogP contribution is 2.35. The Morgan fingerprint density at radius 1 is 1.50 bits per heavy atom. The maximum Gasteiger partial charge on any atom is 0.407 e. The van der Waals surface area contributed by atoms with Crippen molar-refractivity contribution in [3.8, 4) is 0 Å². The van der Waals surface area contributed by atoms with Crippen LogP contribution in [-0.2, 0) is 4.74 Å². The van der Waals surface area contributed by atoms with Crippen molar-refractivity contribution >= 4 is 12.1 Å². The summed E-state index contributed by atoms with van der Waals surface area (Å²) >= 11 is 0. The number of carbonyl (C=O) groups is 1. The van der Waals surface area contributed by atoms with Gasteiger partial charge in [-0.05, 0) is 18.3 Å². The fourth-order valence-electron chi connectivity index (χ4n) is 2.16. The monoisotopic (exact) mass is 254 g/mol. The van der Waals surface area contributed by atoms with Crippen molar-refractivity contribution in [3.63, 3.8) is 0 Å². The van der Waals surface area contributed by atoms with Crippen LogP contribution in [0, 0.1) is 11.8 Å². The number of hydrogen-bond donors (Lipinski definition) is 3. The van der Waals surface area contributed by atoms with Crippen molar-refractivity contribution in [3.05, 3.63) is 0 Å². The molecule has 0 saturated heterocycles. The molecule has 2 rings (SSSR count). The molecule has 6 heteroatoms. The van der Waals surface area contributed by atoms with Gasteiger partial charge in [-0.15, -0.1) is 0 Å². The van der Waals surface area contributed by atoms with Gasteiger partial charge in [-0.2, -0.15) is 0 Å². The van der Waals surface area contributed by atoms with Gasteiger partial charge in [0, 0.05) is 19.6 Å². The second-order valence-electron chi connectivity index (χ2n) is 5.03. The summed E-state index contributed by atoms with van der Waals surface area (Å²) in [5.41, 5.74) is 0. The first kappa shape index (κ1) is 13.0. The molecule has 0 radical (unpaired) electrons. The third-order valence-corrected chi connectivity index (χ3v) is 3.71. The Hall–Kier alpha value is -1.46. The normalized spacial score (nSPS) is 29.9. The highest BCUT2D eigenvalue weighted by Gasteiger charge is 2.37. The molecule has 102 valence electrons. The second-order valence-corrected chi connectivity index (χ2v) is 5.03. The molecule has 0 spiro atoms. The van der Waals surface area contributed by atoms with Gasteiger partial charge in [0.2, 0.25) is 0 Å². The zero-order valence-corrected chi connectivity index (χ0v) is 11.0. The molecule has 1 aliphatic carbocycles. The van der Waals surface area contributed by atoms with E-state index in [1.54, 1.807) is 0 Å². The van der Waals surface area contributed by atoms with Crippen molar-refractivity contribution in [1.29, 1.82) is 0 Å². The molecule has 2 aliphatic rings. The molecule has 0 aromatic heterocycles. The van der Waals surface area contributed by atoms with Crippen LogP contribution in [0.4, 0.5) is 4.79 Å². The Bertz CT molecular complexity index is 332. The van der Waals surface area contributed by atoms with Crippen molar-refractivity contribution in [2.24, 2.45) is 16.8 Å². The van der Waals surface area contributed by atoms with Crippen LogP contribution < -0.4 is 16.0 Å². The molecule has 18 heavy (non-hydrogen) atoms. The molecule has 1 aliphatic heterocycles. The number of nitrogens with one attached hydrogen (secondary N) is 3. The molecule has 1 amide bonds.